The molecule has 0 bridgehead atoms. The van der Waals surface area contributed by atoms with Crippen molar-refractivity contribution in [2.45, 2.75) is 43.9 Å². The van der Waals surface area contributed by atoms with Gasteiger partial charge in [-0.25, -0.2) is 0 Å². The maximum absolute atomic E-state index is 6.21. The molecule has 20 heavy (non-hydrogen) atoms. The molecule has 1 N–H and O–H groups in total. The average Bonchev–Trinajstić information content (AvgIpc) is 2.87. The monoisotopic (exact) mass is 313 g/mol. The van der Waals surface area contributed by atoms with Gasteiger partial charge in [0, 0.05) is 15.3 Å². The third-order valence-corrected chi connectivity index (χ3v) is 5.79. The summed E-state index contributed by atoms with van der Waals surface area (Å²) in [6, 6.07) is 6.20. The van der Waals surface area contributed by atoms with Gasteiger partial charge < -0.3 is 10.1 Å². The van der Waals surface area contributed by atoms with Crippen molar-refractivity contribution < 1.29 is 4.74 Å². The van der Waals surface area contributed by atoms with Crippen molar-refractivity contribution in [3.8, 4) is 5.75 Å². The van der Waals surface area contributed by atoms with Crippen LogP contribution in [0, 0.1) is 0 Å². The van der Waals surface area contributed by atoms with Crippen molar-refractivity contribution in [2.75, 3.05) is 19.4 Å². The lowest BCUT2D eigenvalue weighted by molar-refractivity contribution is 0.372. The van der Waals surface area contributed by atoms with Gasteiger partial charge in [0.25, 0.3) is 0 Å². The average molecular weight is 314 g/mol. The molecule has 0 amide bonds. The van der Waals surface area contributed by atoms with Gasteiger partial charge in [0.15, 0.2) is 0 Å². The summed E-state index contributed by atoms with van der Waals surface area (Å²) in [5.74, 6) is 2.17. The Bertz CT molecular complexity index is 446. The molecule has 2 nitrogen and oxygen atoms in total. The van der Waals surface area contributed by atoms with Gasteiger partial charge in [-0.15, -0.1) is 0 Å². The van der Waals surface area contributed by atoms with Gasteiger partial charge in [-0.3, -0.25) is 0 Å². The molecule has 112 valence electrons. The number of rotatable bonds is 6. The van der Waals surface area contributed by atoms with Gasteiger partial charge in [-0.05, 0) is 56.7 Å². The van der Waals surface area contributed by atoms with Crippen molar-refractivity contribution >= 4 is 23.4 Å². The first-order valence-corrected chi connectivity index (χ1v) is 8.68. The number of halogens is 1. The van der Waals surface area contributed by atoms with Crippen LogP contribution in [0.25, 0.3) is 0 Å². The topological polar surface area (TPSA) is 21.3 Å². The summed E-state index contributed by atoms with van der Waals surface area (Å²) in [5, 5.41) is 4.48. The second-order valence-electron chi connectivity index (χ2n) is 5.54. The van der Waals surface area contributed by atoms with E-state index >= 15 is 0 Å². The Kier molecular flexibility index (Phi) is 5.65. The zero-order valence-corrected chi connectivity index (χ0v) is 14.1. The fourth-order valence-electron chi connectivity index (χ4n) is 2.90. The van der Waals surface area contributed by atoms with Crippen molar-refractivity contribution in [3.05, 3.63) is 28.8 Å². The molecule has 0 aromatic heterocycles. The lowest BCUT2D eigenvalue weighted by Crippen LogP contribution is -2.38. The molecule has 1 aromatic rings. The minimum absolute atomic E-state index is 0.215. The minimum Gasteiger partial charge on any atom is -0.496 e. The summed E-state index contributed by atoms with van der Waals surface area (Å²) in [4.78, 5) is 0. The molecule has 1 aromatic carbocycles. The third-order valence-electron chi connectivity index (χ3n) is 3.96. The van der Waals surface area contributed by atoms with Gasteiger partial charge in [0.1, 0.15) is 5.75 Å². The second kappa shape index (κ2) is 7.06. The van der Waals surface area contributed by atoms with E-state index in [1.165, 1.54) is 24.2 Å². The van der Waals surface area contributed by atoms with E-state index in [1.807, 2.05) is 12.1 Å². The first kappa shape index (κ1) is 16.0. The van der Waals surface area contributed by atoms with Crippen LogP contribution in [-0.2, 0) is 0 Å². The van der Waals surface area contributed by atoms with Crippen LogP contribution in [0.2, 0.25) is 5.02 Å². The lowest BCUT2D eigenvalue weighted by Gasteiger charge is -2.35. The van der Waals surface area contributed by atoms with Crippen LogP contribution in [0.5, 0.6) is 5.75 Å². The van der Waals surface area contributed by atoms with Gasteiger partial charge in [0.05, 0.1) is 13.2 Å². The Morgan fingerprint density at radius 2 is 2.30 bits per heavy atom. The smallest absolute Gasteiger partial charge is 0.123 e. The highest BCUT2D eigenvalue weighted by Gasteiger charge is 2.39. The summed E-state index contributed by atoms with van der Waals surface area (Å²) in [6.07, 6.45) is 3.64. The number of hydrogen-bond donors (Lipinski definition) is 1. The van der Waals surface area contributed by atoms with E-state index in [2.05, 4.69) is 37.0 Å². The molecular formula is C16H24ClNOS. The van der Waals surface area contributed by atoms with E-state index in [9.17, 15) is 0 Å². The highest BCUT2D eigenvalue weighted by Crippen LogP contribution is 2.48. The summed E-state index contributed by atoms with van der Waals surface area (Å²) in [6.45, 7) is 5.57. The Morgan fingerprint density at radius 3 is 2.90 bits per heavy atom. The number of ether oxygens (including phenoxy) is 1. The van der Waals surface area contributed by atoms with Gasteiger partial charge in [-0.2, -0.15) is 11.8 Å². The quantitative estimate of drug-likeness (QED) is 0.824. The molecule has 0 radical (unpaired) electrons. The second-order valence-corrected chi connectivity index (χ2v) is 7.60. The SMILES string of the molecule is CCCNC(c1cc(Cl)ccc1OC)C1(C)CCCS1. The lowest BCUT2D eigenvalue weighted by atomic mass is 9.89. The summed E-state index contributed by atoms with van der Waals surface area (Å²) >= 11 is 8.28. The summed E-state index contributed by atoms with van der Waals surface area (Å²) < 4.78 is 5.77. The molecule has 1 aliphatic rings. The highest BCUT2D eigenvalue weighted by molar-refractivity contribution is 8.00. The predicted molar refractivity (Wildman–Crippen MR) is 89.1 cm³/mol. The number of nitrogens with one attached hydrogen (secondary N) is 1. The maximum Gasteiger partial charge on any atom is 0.123 e. The Hall–Kier alpha value is -0.380. The van der Waals surface area contributed by atoms with Crippen LogP contribution < -0.4 is 10.1 Å². The standard InChI is InChI=1S/C16H24ClNOS/c1-4-9-18-15(16(2)8-5-10-20-16)13-11-12(17)6-7-14(13)19-3/h6-7,11,15,18H,4-5,8-10H2,1-3H3. The summed E-state index contributed by atoms with van der Waals surface area (Å²) in [7, 11) is 1.73. The Balaban J connectivity index is 2.37. The number of hydrogen-bond acceptors (Lipinski definition) is 3. The van der Waals surface area contributed by atoms with E-state index in [0.717, 1.165) is 23.7 Å². The van der Waals surface area contributed by atoms with E-state index in [-0.39, 0.29) is 10.8 Å². The molecule has 1 saturated heterocycles. The zero-order valence-electron chi connectivity index (χ0n) is 12.5. The van der Waals surface area contributed by atoms with Crippen molar-refractivity contribution in [1.82, 2.24) is 5.32 Å². The predicted octanol–water partition coefficient (Wildman–Crippen LogP) is 4.68. The van der Waals surface area contributed by atoms with E-state index in [0.29, 0.717) is 0 Å². The number of thioether (sulfide) groups is 1. The van der Waals surface area contributed by atoms with E-state index in [1.54, 1.807) is 7.11 Å². The van der Waals surface area contributed by atoms with Crippen molar-refractivity contribution in [2.24, 2.45) is 0 Å². The normalized spacial score (nSPS) is 23.8. The number of benzene rings is 1. The van der Waals surface area contributed by atoms with Gasteiger partial charge >= 0.3 is 0 Å². The molecule has 4 heteroatoms. The van der Waals surface area contributed by atoms with Crippen LogP contribution in [0.3, 0.4) is 0 Å². The van der Waals surface area contributed by atoms with Crippen LogP contribution in [0.15, 0.2) is 18.2 Å². The third kappa shape index (κ3) is 3.44. The molecule has 1 aliphatic heterocycles. The van der Waals surface area contributed by atoms with Crippen molar-refractivity contribution in [3.63, 3.8) is 0 Å². The molecule has 2 atom stereocenters. The van der Waals surface area contributed by atoms with Gasteiger partial charge in [-0.1, -0.05) is 18.5 Å². The number of methoxy groups -OCH3 is 1. The molecule has 1 heterocycles. The van der Waals surface area contributed by atoms with Crippen LogP contribution >= 0.6 is 23.4 Å². The largest absolute Gasteiger partial charge is 0.496 e. The first-order valence-electron chi connectivity index (χ1n) is 7.31. The molecule has 1 fully saturated rings. The molecule has 2 unspecified atom stereocenters. The Labute approximate surface area is 131 Å². The van der Waals surface area contributed by atoms with Gasteiger partial charge in [0.2, 0.25) is 0 Å². The van der Waals surface area contributed by atoms with Crippen LogP contribution in [0.1, 0.15) is 44.7 Å². The molecule has 0 spiro atoms. The molecular weight excluding hydrogens is 290 g/mol. The minimum atomic E-state index is 0.215. The van der Waals surface area contributed by atoms with Crippen LogP contribution in [0.4, 0.5) is 0 Å². The molecule has 2 rings (SSSR count). The Morgan fingerprint density at radius 1 is 1.50 bits per heavy atom. The zero-order chi connectivity index (χ0) is 14.6. The first-order chi connectivity index (χ1) is 9.60. The van der Waals surface area contributed by atoms with Crippen LogP contribution in [-0.4, -0.2) is 24.2 Å². The fourth-order valence-corrected chi connectivity index (χ4v) is 4.50. The molecule has 0 saturated carbocycles. The van der Waals surface area contributed by atoms with E-state index in [4.69, 9.17) is 16.3 Å². The van der Waals surface area contributed by atoms with Crippen molar-refractivity contribution in [1.29, 1.82) is 0 Å². The highest BCUT2D eigenvalue weighted by atomic mass is 35.5. The van der Waals surface area contributed by atoms with E-state index < -0.39 is 0 Å². The summed E-state index contributed by atoms with van der Waals surface area (Å²) in [5.41, 5.74) is 1.19. The maximum atomic E-state index is 6.21. The fraction of sp³-hybridized carbons (Fsp3) is 0.625. The molecule has 0 aliphatic carbocycles.